The van der Waals surface area contributed by atoms with Gasteiger partial charge in [-0.15, -0.1) is 0 Å². The van der Waals surface area contributed by atoms with Crippen molar-refractivity contribution in [2.75, 3.05) is 6.54 Å². The Labute approximate surface area is 182 Å². The van der Waals surface area contributed by atoms with Crippen LogP contribution in [0.15, 0.2) is 53.1 Å². The maximum Gasteiger partial charge on any atom is 0.397 e. The number of amides is 1. The summed E-state index contributed by atoms with van der Waals surface area (Å²) in [4.78, 5) is 19.1. The third kappa shape index (κ3) is 4.69. The smallest absolute Gasteiger partial charge is 0.397 e. The summed E-state index contributed by atoms with van der Waals surface area (Å²) in [5, 5.41) is 4.56. The van der Waals surface area contributed by atoms with E-state index in [2.05, 4.69) is 14.9 Å². The van der Waals surface area contributed by atoms with Crippen LogP contribution in [0.4, 0.5) is 8.78 Å². The van der Waals surface area contributed by atoms with Gasteiger partial charge in [-0.25, -0.2) is 0 Å². The van der Waals surface area contributed by atoms with Gasteiger partial charge in [-0.2, -0.15) is 13.8 Å². The molecule has 1 fully saturated rings. The fourth-order valence-electron chi connectivity index (χ4n) is 3.43. The quantitative estimate of drug-likeness (QED) is 0.481. The number of nitrogens with zero attached hydrogens (tertiary/aromatic N) is 3. The molecule has 1 aromatic heterocycles. The number of hydrogen-bond donors (Lipinski definition) is 0. The molecular formula is C22H20ClF2N3O3. The van der Waals surface area contributed by atoms with Crippen molar-refractivity contribution in [3.05, 3.63) is 65.0 Å². The Balaban J connectivity index is 1.50. The van der Waals surface area contributed by atoms with Crippen molar-refractivity contribution < 1.29 is 22.8 Å². The number of halogens is 3. The fraction of sp³-hybridized carbons (Fsp3) is 0.318. The van der Waals surface area contributed by atoms with Gasteiger partial charge in [-0.3, -0.25) is 4.79 Å². The third-order valence-corrected chi connectivity index (χ3v) is 5.37. The van der Waals surface area contributed by atoms with Crippen LogP contribution in [0.3, 0.4) is 0 Å². The zero-order chi connectivity index (χ0) is 22.0. The monoisotopic (exact) mass is 447 g/mol. The minimum absolute atomic E-state index is 0.0508. The van der Waals surface area contributed by atoms with E-state index in [4.69, 9.17) is 16.1 Å². The molecule has 4 rings (SSSR count). The van der Waals surface area contributed by atoms with Gasteiger partial charge in [0.1, 0.15) is 11.8 Å². The number of alkyl halides is 2. The van der Waals surface area contributed by atoms with Crippen LogP contribution in [0.2, 0.25) is 5.02 Å². The van der Waals surface area contributed by atoms with E-state index in [1.165, 1.54) is 19.1 Å². The maximum atomic E-state index is 13.4. The SMILES string of the molecule is CCC(F)(F)Oc1ccc(-c2noc(C3CCCN3C(=O)c3ccc(Cl)cc3)n2)cc1. The zero-order valence-corrected chi connectivity index (χ0v) is 17.5. The molecule has 31 heavy (non-hydrogen) atoms. The lowest BCUT2D eigenvalue weighted by molar-refractivity contribution is -0.177. The van der Waals surface area contributed by atoms with Crippen LogP contribution in [-0.2, 0) is 0 Å². The van der Waals surface area contributed by atoms with Gasteiger partial charge in [-0.1, -0.05) is 23.7 Å². The zero-order valence-electron chi connectivity index (χ0n) is 16.7. The molecular weight excluding hydrogens is 428 g/mol. The topological polar surface area (TPSA) is 68.5 Å². The van der Waals surface area contributed by atoms with Gasteiger partial charge in [0.25, 0.3) is 5.91 Å². The standard InChI is InChI=1S/C22H20ClF2N3O3/c1-2-22(24,25)30-17-11-7-14(8-12-17)19-26-20(31-27-19)18-4-3-13-28(18)21(29)15-5-9-16(23)10-6-15/h5-12,18H,2-4,13H2,1H3. The molecule has 1 atom stereocenters. The Morgan fingerprint density at radius 3 is 2.61 bits per heavy atom. The predicted molar refractivity (Wildman–Crippen MR) is 110 cm³/mol. The average Bonchev–Trinajstić information content (AvgIpc) is 3.44. The lowest BCUT2D eigenvalue weighted by Gasteiger charge is -2.21. The molecule has 162 valence electrons. The molecule has 1 aliphatic rings. The second kappa shape index (κ2) is 8.63. The Kier molecular flexibility index (Phi) is 5.91. The molecule has 0 spiro atoms. The first-order valence-corrected chi connectivity index (χ1v) is 10.3. The number of likely N-dealkylation sites (tertiary alicyclic amines) is 1. The molecule has 9 heteroatoms. The molecule has 2 aromatic carbocycles. The van der Waals surface area contributed by atoms with Crippen LogP contribution in [0.1, 0.15) is 48.5 Å². The van der Waals surface area contributed by atoms with E-state index in [9.17, 15) is 13.6 Å². The summed E-state index contributed by atoms with van der Waals surface area (Å²) in [6, 6.07) is 12.4. The molecule has 1 saturated heterocycles. The van der Waals surface area contributed by atoms with E-state index >= 15 is 0 Å². The highest BCUT2D eigenvalue weighted by Gasteiger charge is 2.34. The van der Waals surface area contributed by atoms with E-state index in [1.54, 1.807) is 41.3 Å². The number of carbonyl (C=O) groups excluding carboxylic acids is 1. The van der Waals surface area contributed by atoms with Crippen molar-refractivity contribution in [3.8, 4) is 17.1 Å². The number of carbonyl (C=O) groups is 1. The van der Waals surface area contributed by atoms with E-state index < -0.39 is 12.5 Å². The third-order valence-electron chi connectivity index (χ3n) is 5.12. The van der Waals surface area contributed by atoms with Crippen LogP contribution >= 0.6 is 11.6 Å². The molecule has 2 heterocycles. The first kappa shape index (κ1) is 21.2. The lowest BCUT2D eigenvalue weighted by Crippen LogP contribution is -2.30. The highest BCUT2D eigenvalue weighted by Crippen LogP contribution is 2.34. The number of hydrogen-bond acceptors (Lipinski definition) is 5. The van der Waals surface area contributed by atoms with Crippen molar-refractivity contribution in [2.24, 2.45) is 0 Å². The Morgan fingerprint density at radius 2 is 1.94 bits per heavy atom. The summed E-state index contributed by atoms with van der Waals surface area (Å²) in [5.74, 6) is 0.578. The molecule has 1 unspecified atom stereocenters. The van der Waals surface area contributed by atoms with Crippen molar-refractivity contribution in [3.63, 3.8) is 0 Å². The van der Waals surface area contributed by atoms with Crippen molar-refractivity contribution >= 4 is 17.5 Å². The van der Waals surface area contributed by atoms with Crippen LogP contribution in [0.5, 0.6) is 5.75 Å². The van der Waals surface area contributed by atoms with Gasteiger partial charge < -0.3 is 14.2 Å². The van der Waals surface area contributed by atoms with Crippen molar-refractivity contribution in [1.29, 1.82) is 0 Å². The molecule has 1 amide bonds. The highest BCUT2D eigenvalue weighted by atomic mass is 35.5. The molecule has 6 nitrogen and oxygen atoms in total. The number of aromatic nitrogens is 2. The lowest BCUT2D eigenvalue weighted by atomic mass is 10.1. The summed E-state index contributed by atoms with van der Waals surface area (Å²) in [6.45, 7) is 1.93. The highest BCUT2D eigenvalue weighted by molar-refractivity contribution is 6.30. The largest absolute Gasteiger partial charge is 0.433 e. The van der Waals surface area contributed by atoms with Crippen LogP contribution < -0.4 is 4.74 Å². The normalized spacial score (nSPS) is 16.5. The number of ether oxygens (including phenoxy) is 1. The summed E-state index contributed by atoms with van der Waals surface area (Å²) in [5.41, 5.74) is 1.13. The van der Waals surface area contributed by atoms with Crippen molar-refractivity contribution in [1.82, 2.24) is 15.0 Å². The molecule has 0 aliphatic carbocycles. The Morgan fingerprint density at radius 1 is 1.23 bits per heavy atom. The van der Waals surface area contributed by atoms with E-state index in [0.717, 1.165) is 6.42 Å². The molecule has 0 radical (unpaired) electrons. The van der Waals surface area contributed by atoms with E-state index in [0.29, 0.717) is 40.8 Å². The van der Waals surface area contributed by atoms with Gasteiger partial charge in [0, 0.05) is 29.1 Å². The first-order chi connectivity index (χ1) is 14.9. The molecule has 0 saturated carbocycles. The summed E-state index contributed by atoms with van der Waals surface area (Å²) in [7, 11) is 0. The van der Waals surface area contributed by atoms with Gasteiger partial charge in [0.15, 0.2) is 0 Å². The second-order valence-corrected chi connectivity index (χ2v) is 7.67. The number of rotatable bonds is 6. The summed E-state index contributed by atoms with van der Waals surface area (Å²) in [6.07, 6.45) is -2.11. The van der Waals surface area contributed by atoms with Gasteiger partial charge in [0.2, 0.25) is 11.7 Å². The van der Waals surface area contributed by atoms with Gasteiger partial charge in [-0.05, 0) is 61.4 Å². The van der Waals surface area contributed by atoms with Crippen LogP contribution in [0.25, 0.3) is 11.4 Å². The molecule has 1 aliphatic heterocycles. The second-order valence-electron chi connectivity index (χ2n) is 7.24. The van der Waals surface area contributed by atoms with Crippen molar-refractivity contribution in [2.45, 2.75) is 38.3 Å². The summed E-state index contributed by atoms with van der Waals surface area (Å²) < 4.78 is 36.9. The van der Waals surface area contributed by atoms with Gasteiger partial charge in [0.05, 0.1) is 0 Å². The maximum absolute atomic E-state index is 13.4. The minimum atomic E-state index is -3.22. The summed E-state index contributed by atoms with van der Waals surface area (Å²) >= 11 is 5.91. The Hall–Kier alpha value is -3.00. The predicted octanol–water partition coefficient (Wildman–Crippen LogP) is 5.75. The number of benzene rings is 2. The average molecular weight is 448 g/mol. The van der Waals surface area contributed by atoms with Crippen LogP contribution in [-0.4, -0.2) is 33.6 Å². The molecule has 0 N–H and O–H groups in total. The molecule has 3 aromatic rings. The molecule has 0 bridgehead atoms. The van der Waals surface area contributed by atoms with E-state index in [1.807, 2.05) is 0 Å². The van der Waals surface area contributed by atoms with Crippen LogP contribution in [0, 0.1) is 0 Å². The minimum Gasteiger partial charge on any atom is -0.433 e. The first-order valence-electron chi connectivity index (χ1n) is 9.94. The Bertz CT molecular complexity index is 1050. The van der Waals surface area contributed by atoms with Gasteiger partial charge >= 0.3 is 6.11 Å². The van der Waals surface area contributed by atoms with E-state index in [-0.39, 0.29) is 17.7 Å². The fourth-order valence-corrected chi connectivity index (χ4v) is 3.56.